The maximum absolute atomic E-state index is 13.0. The number of amides is 1. The summed E-state index contributed by atoms with van der Waals surface area (Å²) in [6.07, 6.45) is 1.80. The predicted octanol–water partition coefficient (Wildman–Crippen LogP) is 2.73. The molecule has 1 saturated heterocycles. The number of carbonyl (C=O) groups is 1. The molecular weight excluding hydrogens is 379 g/mol. The zero-order valence-corrected chi connectivity index (χ0v) is 16.5. The molecule has 1 amide bonds. The number of piperidine rings is 1. The predicted molar refractivity (Wildman–Crippen MR) is 106 cm³/mol. The standard InChI is InChI=1S/C21H25FN2O3S/c22-20-8-6-18(7-9-20)16-28(26,27)24-14-11-19(12-15-24)21(25)23-13-10-17-4-2-1-3-5-17/h1-9,19H,10-16H2,(H,23,25). The number of nitrogens with one attached hydrogen (secondary N) is 1. The second-order valence-electron chi connectivity index (χ2n) is 7.08. The molecule has 0 atom stereocenters. The Hall–Kier alpha value is -2.25. The van der Waals surface area contributed by atoms with Crippen LogP contribution in [0.3, 0.4) is 0 Å². The normalized spacial score (nSPS) is 16.0. The van der Waals surface area contributed by atoms with Gasteiger partial charge >= 0.3 is 0 Å². The van der Waals surface area contributed by atoms with Crippen LogP contribution in [-0.4, -0.2) is 38.3 Å². The van der Waals surface area contributed by atoms with E-state index in [2.05, 4.69) is 5.32 Å². The van der Waals surface area contributed by atoms with Crippen LogP contribution in [0.2, 0.25) is 0 Å². The highest BCUT2D eigenvalue weighted by molar-refractivity contribution is 7.88. The average molecular weight is 405 g/mol. The van der Waals surface area contributed by atoms with Gasteiger partial charge in [-0.1, -0.05) is 42.5 Å². The molecule has 1 aliphatic rings. The number of nitrogens with zero attached hydrogens (tertiary/aromatic N) is 1. The molecule has 0 spiro atoms. The lowest BCUT2D eigenvalue weighted by molar-refractivity contribution is -0.126. The molecule has 1 heterocycles. The molecule has 28 heavy (non-hydrogen) atoms. The lowest BCUT2D eigenvalue weighted by atomic mass is 9.97. The van der Waals surface area contributed by atoms with Gasteiger partial charge in [-0.15, -0.1) is 0 Å². The van der Waals surface area contributed by atoms with Crippen LogP contribution >= 0.6 is 0 Å². The third kappa shape index (κ3) is 5.62. The van der Waals surface area contributed by atoms with E-state index >= 15 is 0 Å². The number of benzene rings is 2. The van der Waals surface area contributed by atoms with Crippen molar-refractivity contribution in [1.29, 1.82) is 0 Å². The summed E-state index contributed by atoms with van der Waals surface area (Å²) >= 11 is 0. The zero-order valence-electron chi connectivity index (χ0n) is 15.7. The molecular formula is C21H25FN2O3S. The Morgan fingerprint density at radius 2 is 1.64 bits per heavy atom. The highest BCUT2D eigenvalue weighted by atomic mass is 32.2. The molecule has 0 aromatic heterocycles. The van der Waals surface area contributed by atoms with Crippen molar-refractivity contribution in [3.05, 3.63) is 71.5 Å². The molecule has 2 aromatic carbocycles. The molecule has 0 bridgehead atoms. The molecule has 1 fully saturated rings. The van der Waals surface area contributed by atoms with Crippen molar-refractivity contribution in [3.8, 4) is 0 Å². The molecule has 150 valence electrons. The Morgan fingerprint density at radius 3 is 2.29 bits per heavy atom. The van der Waals surface area contributed by atoms with Gasteiger partial charge in [-0.2, -0.15) is 0 Å². The molecule has 1 N–H and O–H groups in total. The van der Waals surface area contributed by atoms with Gasteiger partial charge in [-0.05, 0) is 42.5 Å². The number of sulfonamides is 1. The lowest BCUT2D eigenvalue weighted by Gasteiger charge is -2.30. The van der Waals surface area contributed by atoms with Gasteiger partial charge in [0, 0.05) is 25.6 Å². The molecule has 2 aromatic rings. The van der Waals surface area contributed by atoms with E-state index in [-0.39, 0.29) is 23.4 Å². The molecule has 0 unspecified atom stereocenters. The summed E-state index contributed by atoms with van der Waals surface area (Å²) < 4.78 is 39.6. The largest absolute Gasteiger partial charge is 0.356 e. The minimum absolute atomic E-state index is 0.00786. The molecule has 7 heteroatoms. The van der Waals surface area contributed by atoms with Crippen molar-refractivity contribution >= 4 is 15.9 Å². The summed E-state index contributed by atoms with van der Waals surface area (Å²) in [4.78, 5) is 12.4. The van der Waals surface area contributed by atoms with Gasteiger partial charge in [-0.3, -0.25) is 4.79 Å². The van der Waals surface area contributed by atoms with Crippen LogP contribution in [0.25, 0.3) is 0 Å². The average Bonchev–Trinajstić information content (AvgIpc) is 2.70. The van der Waals surface area contributed by atoms with Gasteiger partial charge in [-0.25, -0.2) is 17.1 Å². The second-order valence-corrected chi connectivity index (χ2v) is 9.05. The van der Waals surface area contributed by atoms with Crippen molar-refractivity contribution < 1.29 is 17.6 Å². The fraction of sp³-hybridized carbons (Fsp3) is 0.381. The van der Waals surface area contributed by atoms with E-state index in [0.29, 0.717) is 38.0 Å². The topological polar surface area (TPSA) is 66.5 Å². The van der Waals surface area contributed by atoms with Crippen molar-refractivity contribution in [1.82, 2.24) is 9.62 Å². The van der Waals surface area contributed by atoms with Gasteiger partial charge < -0.3 is 5.32 Å². The Balaban J connectivity index is 1.45. The zero-order chi connectivity index (χ0) is 20.0. The number of hydrogen-bond acceptors (Lipinski definition) is 3. The van der Waals surface area contributed by atoms with E-state index in [1.165, 1.54) is 34.1 Å². The van der Waals surface area contributed by atoms with Gasteiger partial charge in [0.1, 0.15) is 5.82 Å². The first-order valence-corrected chi connectivity index (χ1v) is 11.1. The van der Waals surface area contributed by atoms with Gasteiger partial charge in [0.25, 0.3) is 0 Å². The number of halogens is 1. The highest BCUT2D eigenvalue weighted by Crippen LogP contribution is 2.22. The smallest absolute Gasteiger partial charge is 0.223 e. The Labute approximate surface area is 165 Å². The van der Waals surface area contributed by atoms with Crippen molar-refractivity contribution in [2.75, 3.05) is 19.6 Å². The molecule has 0 radical (unpaired) electrons. The number of hydrogen-bond donors (Lipinski definition) is 1. The SMILES string of the molecule is O=C(NCCc1ccccc1)C1CCN(S(=O)(=O)Cc2ccc(F)cc2)CC1. The first-order valence-electron chi connectivity index (χ1n) is 9.48. The fourth-order valence-corrected chi connectivity index (χ4v) is 4.96. The third-order valence-corrected chi connectivity index (χ3v) is 6.89. The van der Waals surface area contributed by atoms with Crippen molar-refractivity contribution in [2.24, 2.45) is 5.92 Å². The van der Waals surface area contributed by atoms with Crippen LogP contribution in [0.5, 0.6) is 0 Å². The number of rotatable bonds is 7. The van der Waals surface area contributed by atoms with Crippen LogP contribution in [-0.2, 0) is 27.0 Å². The summed E-state index contributed by atoms with van der Waals surface area (Å²) in [6.45, 7) is 1.24. The summed E-state index contributed by atoms with van der Waals surface area (Å²) in [7, 11) is -3.47. The Morgan fingerprint density at radius 1 is 1.00 bits per heavy atom. The molecule has 5 nitrogen and oxygen atoms in total. The number of carbonyl (C=O) groups excluding carboxylic acids is 1. The first kappa shape index (κ1) is 20.5. The Bertz CT molecular complexity index is 878. The van der Waals surface area contributed by atoms with Crippen LogP contribution < -0.4 is 5.32 Å². The lowest BCUT2D eigenvalue weighted by Crippen LogP contribution is -2.43. The minimum atomic E-state index is -3.47. The monoisotopic (exact) mass is 404 g/mol. The third-order valence-electron chi connectivity index (χ3n) is 5.04. The van der Waals surface area contributed by atoms with Crippen molar-refractivity contribution in [3.63, 3.8) is 0 Å². The van der Waals surface area contributed by atoms with E-state index in [1.54, 1.807) is 0 Å². The fourth-order valence-electron chi connectivity index (χ4n) is 3.40. The summed E-state index contributed by atoms with van der Waals surface area (Å²) in [5, 5.41) is 2.96. The maximum atomic E-state index is 13.0. The molecule has 3 rings (SSSR count). The van der Waals surface area contributed by atoms with E-state index in [9.17, 15) is 17.6 Å². The van der Waals surface area contributed by atoms with Gasteiger partial charge in [0.2, 0.25) is 15.9 Å². The van der Waals surface area contributed by atoms with E-state index in [1.807, 2.05) is 30.3 Å². The summed E-state index contributed by atoms with van der Waals surface area (Å²) in [6, 6.07) is 15.4. The maximum Gasteiger partial charge on any atom is 0.223 e. The summed E-state index contributed by atoms with van der Waals surface area (Å²) in [5.41, 5.74) is 1.73. The van der Waals surface area contributed by atoms with E-state index in [0.717, 1.165) is 6.42 Å². The highest BCUT2D eigenvalue weighted by Gasteiger charge is 2.31. The molecule has 1 aliphatic heterocycles. The second kappa shape index (κ2) is 9.30. The molecule has 0 saturated carbocycles. The van der Waals surface area contributed by atoms with E-state index in [4.69, 9.17) is 0 Å². The van der Waals surface area contributed by atoms with Crippen LogP contribution in [0.15, 0.2) is 54.6 Å². The van der Waals surface area contributed by atoms with Crippen molar-refractivity contribution in [2.45, 2.75) is 25.0 Å². The first-order chi connectivity index (χ1) is 13.4. The Kier molecular flexibility index (Phi) is 6.80. The minimum Gasteiger partial charge on any atom is -0.356 e. The van der Waals surface area contributed by atoms with Gasteiger partial charge in [0.15, 0.2) is 0 Å². The van der Waals surface area contributed by atoms with Crippen LogP contribution in [0.4, 0.5) is 4.39 Å². The summed E-state index contributed by atoms with van der Waals surface area (Å²) in [5.74, 6) is -0.707. The van der Waals surface area contributed by atoms with Crippen LogP contribution in [0.1, 0.15) is 24.0 Å². The van der Waals surface area contributed by atoms with Gasteiger partial charge in [0.05, 0.1) is 5.75 Å². The van der Waals surface area contributed by atoms with E-state index < -0.39 is 10.0 Å². The molecule has 0 aliphatic carbocycles. The van der Waals surface area contributed by atoms with Crippen LogP contribution in [0, 0.1) is 11.7 Å². The quantitative estimate of drug-likeness (QED) is 0.772.